The van der Waals surface area contributed by atoms with Crippen LogP contribution in [0.1, 0.15) is 12.1 Å². The third-order valence-corrected chi connectivity index (χ3v) is 5.02. The van der Waals surface area contributed by atoms with Crippen molar-refractivity contribution in [3.05, 3.63) is 56.9 Å². The number of nitrogens with zero attached hydrogens (tertiary/aromatic N) is 5. The van der Waals surface area contributed by atoms with Crippen molar-refractivity contribution in [2.75, 3.05) is 6.61 Å². The topological polar surface area (TPSA) is 86.5 Å². The Morgan fingerprint density at radius 1 is 1.07 bits per heavy atom. The summed E-state index contributed by atoms with van der Waals surface area (Å²) in [4.78, 5) is 29.7. The first-order valence-electron chi connectivity index (χ1n) is 8.81. The number of aryl methyl sites for hydroxylation is 3. The van der Waals surface area contributed by atoms with Crippen molar-refractivity contribution in [3.63, 3.8) is 0 Å². The fourth-order valence-corrected chi connectivity index (χ4v) is 3.69. The van der Waals surface area contributed by atoms with Crippen LogP contribution in [0.3, 0.4) is 0 Å². The lowest BCUT2D eigenvalue weighted by molar-refractivity contribution is 0.280. The molecule has 1 aromatic carbocycles. The van der Waals surface area contributed by atoms with Crippen LogP contribution in [0.25, 0.3) is 28.2 Å². The number of imidazole rings is 2. The zero-order valence-corrected chi connectivity index (χ0v) is 15.5. The third kappa shape index (κ3) is 2.37. The van der Waals surface area contributed by atoms with Crippen molar-refractivity contribution in [1.82, 2.24) is 23.1 Å². The van der Waals surface area contributed by atoms with Crippen LogP contribution in [0.4, 0.5) is 0 Å². The van der Waals surface area contributed by atoms with Crippen LogP contribution >= 0.6 is 0 Å². The van der Waals surface area contributed by atoms with E-state index < -0.39 is 5.69 Å². The lowest BCUT2D eigenvalue weighted by atomic mass is 10.1. The Balaban J connectivity index is 2.19. The van der Waals surface area contributed by atoms with Gasteiger partial charge in [-0.15, -0.1) is 0 Å². The van der Waals surface area contributed by atoms with Gasteiger partial charge in [0.1, 0.15) is 0 Å². The zero-order valence-electron chi connectivity index (χ0n) is 15.5. The van der Waals surface area contributed by atoms with Gasteiger partial charge in [0.05, 0.1) is 5.69 Å². The molecule has 0 bridgehead atoms. The summed E-state index contributed by atoms with van der Waals surface area (Å²) in [6.45, 7) is 2.55. The number of rotatable bonds is 4. The van der Waals surface area contributed by atoms with E-state index in [4.69, 9.17) is 0 Å². The number of aromatic nitrogens is 5. The molecule has 0 aliphatic rings. The molecule has 0 saturated heterocycles. The average Bonchev–Trinajstić information content (AvgIpc) is 3.19. The van der Waals surface area contributed by atoms with Gasteiger partial charge in [-0.1, -0.05) is 30.3 Å². The number of aliphatic hydroxyl groups excluding tert-OH is 1. The fraction of sp³-hybridized carbons (Fsp3) is 0.316. The summed E-state index contributed by atoms with van der Waals surface area (Å²) in [5.41, 5.74) is 2.79. The van der Waals surface area contributed by atoms with E-state index in [1.807, 2.05) is 46.2 Å². The largest absolute Gasteiger partial charge is 0.396 e. The summed E-state index contributed by atoms with van der Waals surface area (Å²) in [5, 5.41) is 9.33. The Hall–Kier alpha value is -3.13. The van der Waals surface area contributed by atoms with Gasteiger partial charge in [-0.3, -0.25) is 18.3 Å². The molecular weight excluding hydrogens is 346 g/mol. The average molecular weight is 367 g/mol. The molecule has 8 nitrogen and oxygen atoms in total. The molecule has 0 spiro atoms. The smallest absolute Gasteiger partial charge is 0.332 e. The molecule has 0 saturated carbocycles. The molecule has 0 amide bonds. The number of aliphatic hydroxyl groups is 1. The molecule has 3 heterocycles. The van der Waals surface area contributed by atoms with E-state index in [9.17, 15) is 14.7 Å². The van der Waals surface area contributed by atoms with Gasteiger partial charge in [0.15, 0.2) is 11.2 Å². The van der Waals surface area contributed by atoms with E-state index >= 15 is 0 Å². The van der Waals surface area contributed by atoms with Gasteiger partial charge in [-0.2, -0.15) is 4.98 Å². The van der Waals surface area contributed by atoms with Gasteiger partial charge in [-0.25, -0.2) is 4.79 Å². The van der Waals surface area contributed by atoms with Gasteiger partial charge < -0.3 is 9.67 Å². The SMILES string of the molecule is Cc1c(-c2ccccc2)n(CCCO)c2nc3c(c(=O)n(C)c(=O)n3C)n12. The van der Waals surface area contributed by atoms with Gasteiger partial charge in [0, 0.05) is 38.5 Å². The van der Waals surface area contributed by atoms with Crippen LogP contribution in [0.5, 0.6) is 0 Å². The molecule has 0 aliphatic heterocycles. The highest BCUT2D eigenvalue weighted by Crippen LogP contribution is 2.29. The number of benzene rings is 1. The maximum absolute atomic E-state index is 12.8. The molecule has 0 fully saturated rings. The van der Waals surface area contributed by atoms with Crippen LogP contribution in [0, 0.1) is 6.92 Å². The normalized spacial score (nSPS) is 11.7. The van der Waals surface area contributed by atoms with E-state index in [0.29, 0.717) is 29.9 Å². The van der Waals surface area contributed by atoms with E-state index in [-0.39, 0.29) is 12.2 Å². The lowest BCUT2D eigenvalue weighted by Gasteiger charge is -2.09. The van der Waals surface area contributed by atoms with E-state index in [1.165, 1.54) is 11.6 Å². The number of fused-ring (bicyclic) bond motifs is 3. The lowest BCUT2D eigenvalue weighted by Crippen LogP contribution is -2.37. The summed E-state index contributed by atoms with van der Waals surface area (Å²) < 4.78 is 6.31. The second-order valence-electron chi connectivity index (χ2n) is 6.65. The molecule has 0 aliphatic carbocycles. The van der Waals surface area contributed by atoms with Crippen LogP contribution in [0.15, 0.2) is 39.9 Å². The molecule has 4 aromatic rings. The standard InChI is InChI=1S/C19H21N5O3/c1-12-14(13-8-5-4-6-9-13)23(10-7-11-25)18-20-16-15(24(12)18)17(26)22(3)19(27)21(16)2/h4-6,8-9,25H,7,10-11H2,1-3H3. The molecule has 3 aromatic heterocycles. The monoisotopic (exact) mass is 367 g/mol. The minimum absolute atomic E-state index is 0.0537. The second kappa shape index (κ2) is 6.24. The molecule has 4 rings (SSSR count). The summed E-state index contributed by atoms with van der Waals surface area (Å²) in [7, 11) is 3.09. The van der Waals surface area contributed by atoms with Crippen LogP contribution < -0.4 is 11.2 Å². The molecule has 1 N–H and O–H groups in total. The van der Waals surface area contributed by atoms with Crippen molar-refractivity contribution in [2.24, 2.45) is 14.1 Å². The Kier molecular flexibility index (Phi) is 4.00. The third-order valence-electron chi connectivity index (χ3n) is 5.02. The molecule has 140 valence electrons. The van der Waals surface area contributed by atoms with Crippen molar-refractivity contribution >= 4 is 16.9 Å². The van der Waals surface area contributed by atoms with Crippen LogP contribution in [-0.4, -0.2) is 34.8 Å². The maximum Gasteiger partial charge on any atom is 0.332 e. The first-order valence-corrected chi connectivity index (χ1v) is 8.81. The molecule has 0 unspecified atom stereocenters. The highest BCUT2D eigenvalue weighted by atomic mass is 16.3. The first-order chi connectivity index (χ1) is 13.0. The molecule has 0 radical (unpaired) electrons. The van der Waals surface area contributed by atoms with Gasteiger partial charge in [-0.05, 0) is 13.3 Å². The summed E-state index contributed by atoms with van der Waals surface area (Å²) >= 11 is 0. The molecule has 27 heavy (non-hydrogen) atoms. The van der Waals surface area contributed by atoms with Crippen molar-refractivity contribution in [1.29, 1.82) is 0 Å². The quantitative estimate of drug-likeness (QED) is 0.584. The van der Waals surface area contributed by atoms with Crippen molar-refractivity contribution < 1.29 is 5.11 Å². The highest BCUT2D eigenvalue weighted by molar-refractivity contribution is 5.79. The Morgan fingerprint density at radius 3 is 2.44 bits per heavy atom. The van der Waals surface area contributed by atoms with Gasteiger partial charge in [0.2, 0.25) is 5.78 Å². The molecular formula is C19H21N5O3. The molecule has 0 atom stereocenters. The van der Waals surface area contributed by atoms with E-state index in [2.05, 4.69) is 4.98 Å². The van der Waals surface area contributed by atoms with Crippen molar-refractivity contribution in [2.45, 2.75) is 19.9 Å². The summed E-state index contributed by atoms with van der Waals surface area (Å²) in [6, 6.07) is 9.88. The van der Waals surface area contributed by atoms with Gasteiger partial charge >= 0.3 is 5.69 Å². The summed E-state index contributed by atoms with van der Waals surface area (Å²) in [6.07, 6.45) is 0.559. The molecule has 8 heteroatoms. The Bertz CT molecular complexity index is 1270. The van der Waals surface area contributed by atoms with Crippen LogP contribution in [-0.2, 0) is 20.6 Å². The zero-order chi connectivity index (χ0) is 19.3. The van der Waals surface area contributed by atoms with Crippen molar-refractivity contribution in [3.8, 4) is 11.3 Å². The first kappa shape index (κ1) is 17.3. The van der Waals surface area contributed by atoms with Crippen LogP contribution in [0.2, 0.25) is 0 Å². The predicted molar refractivity (Wildman–Crippen MR) is 103 cm³/mol. The second-order valence-corrected chi connectivity index (χ2v) is 6.65. The predicted octanol–water partition coefficient (Wildman–Crippen LogP) is 1.04. The number of hydrogen-bond donors (Lipinski definition) is 1. The Labute approximate surface area is 154 Å². The minimum Gasteiger partial charge on any atom is -0.396 e. The number of hydrogen-bond acceptors (Lipinski definition) is 4. The Morgan fingerprint density at radius 2 is 1.78 bits per heavy atom. The fourth-order valence-electron chi connectivity index (χ4n) is 3.69. The highest BCUT2D eigenvalue weighted by Gasteiger charge is 2.23. The van der Waals surface area contributed by atoms with Gasteiger partial charge in [0.25, 0.3) is 5.56 Å². The van der Waals surface area contributed by atoms with E-state index in [0.717, 1.165) is 21.5 Å². The minimum atomic E-state index is -0.406. The maximum atomic E-state index is 12.8. The van der Waals surface area contributed by atoms with E-state index in [1.54, 1.807) is 7.05 Å². The summed E-state index contributed by atoms with van der Waals surface area (Å²) in [5.74, 6) is 0.591.